The first kappa shape index (κ1) is 10.5. The fourth-order valence-corrected chi connectivity index (χ4v) is 1.82. The lowest BCUT2D eigenvalue weighted by molar-refractivity contribution is -0.0108. The second-order valence-corrected chi connectivity index (χ2v) is 3.72. The third kappa shape index (κ3) is 2.17. The molecular formula is C11H13FO3. The highest BCUT2D eigenvalue weighted by Crippen LogP contribution is 2.32. The lowest BCUT2D eigenvalue weighted by Crippen LogP contribution is -2.11. The molecule has 0 amide bonds. The minimum Gasteiger partial charge on any atom is -0.394 e. The van der Waals surface area contributed by atoms with E-state index in [1.165, 1.54) is 12.1 Å². The van der Waals surface area contributed by atoms with Crippen molar-refractivity contribution < 1.29 is 19.3 Å². The van der Waals surface area contributed by atoms with E-state index in [0.29, 0.717) is 6.42 Å². The Morgan fingerprint density at radius 2 is 2.00 bits per heavy atom. The lowest BCUT2D eigenvalue weighted by Gasteiger charge is -2.14. The maximum absolute atomic E-state index is 12.7. The highest BCUT2D eigenvalue weighted by atomic mass is 19.1. The summed E-state index contributed by atoms with van der Waals surface area (Å²) in [5.74, 6) is -0.315. The van der Waals surface area contributed by atoms with Gasteiger partial charge < -0.3 is 14.9 Å². The molecule has 1 aromatic carbocycles. The van der Waals surface area contributed by atoms with Crippen LogP contribution in [-0.4, -0.2) is 29.0 Å². The van der Waals surface area contributed by atoms with Crippen LogP contribution in [0.2, 0.25) is 0 Å². The Bertz CT molecular complexity index is 325. The van der Waals surface area contributed by atoms with Crippen molar-refractivity contribution in [2.24, 2.45) is 0 Å². The molecule has 82 valence electrons. The number of hydrogen-bond acceptors (Lipinski definition) is 3. The van der Waals surface area contributed by atoms with Crippen LogP contribution in [0.4, 0.5) is 4.39 Å². The molecule has 0 bridgehead atoms. The van der Waals surface area contributed by atoms with Gasteiger partial charge in [-0.1, -0.05) is 12.1 Å². The van der Waals surface area contributed by atoms with Gasteiger partial charge in [-0.2, -0.15) is 0 Å². The van der Waals surface area contributed by atoms with Crippen molar-refractivity contribution in [3.8, 4) is 0 Å². The zero-order valence-electron chi connectivity index (χ0n) is 8.14. The summed E-state index contributed by atoms with van der Waals surface area (Å²) < 4.78 is 18.1. The number of aliphatic hydroxyl groups is 2. The van der Waals surface area contributed by atoms with Crippen LogP contribution in [0.15, 0.2) is 24.3 Å². The first-order valence-corrected chi connectivity index (χ1v) is 4.90. The fraction of sp³-hybridized carbons (Fsp3) is 0.455. The molecule has 1 aliphatic heterocycles. The van der Waals surface area contributed by atoms with Crippen LogP contribution in [0.1, 0.15) is 18.1 Å². The van der Waals surface area contributed by atoms with Crippen LogP contribution < -0.4 is 0 Å². The molecule has 0 unspecified atom stereocenters. The molecule has 1 heterocycles. The molecule has 0 radical (unpaired) electrons. The third-order valence-corrected chi connectivity index (χ3v) is 2.60. The van der Waals surface area contributed by atoms with E-state index >= 15 is 0 Å². The Kier molecular flexibility index (Phi) is 3.00. The third-order valence-electron chi connectivity index (χ3n) is 2.60. The molecule has 0 aliphatic carbocycles. The standard InChI is InChI=1S/C11H13FO3/c12-8-3-1-7(2-4-8)11-10(14)5-9(6-13)15-11/h1-4,9-11,13-14H,5-6H2/t9-,10-,11-/m1/s1. The molecule has 2 rings (SSSR count). The summed E-state index contributed by atoms with van der Waals surface area (Å²) in [7, 11) is 0. The first-order valence-electron chi connectivity index (χ1n) is 4.90. The Hall–Kier alpha value is -0.970. The molecule has 1 aromatic rings. The molecule has 1 aliphatic rings. The summed E-state index contributed by atoms with van der Waals surface area (Å²) in [5.41, 5.74) is 0.736. The topological polar surface area (TPSA) is 49.7 Å². The van der Waals surface area contributed by atoms with Crippen molar-refractivity contribution in [1.29, 1.82) is 0 Å². The Morgan fingerprint density at radius 3 is 2.53 bits per heavy atom. The quantitative estimate of drug-likeness (QED) is 0.769. The van der Waals surface area contributed by atoms with Gasteiger partial charge in [0.25, 0.3) is 0 Å². The second kappa shape index (κ2) is 4.26. The minimum absolute atomic E-state index is 0.102. The van der Waals surface area contributed by atoms with E-state index in [-0.39, 0.29) is 18.5 Å². The number of benzene rings is 1. The summed E-state index contributed by atoms with van der Waals surface area (Å²) in [6, 6.07) is 5.83. The average Bonchev–Trinajstić information content (AvgIpc) is 2.61. The van der Waals surface area contributed by atoms with Crippen LogP contribution in [0.25, 0.3) is 0 Å². The number of halogens is 1. The van der Waals surface area contributed by atoms with E-state index in [1.54, 1.807) is 12.1 Å². The van der Waals surface area contributed by atoms with Crippen LogP contribution in [0.3, 0.4) is 0 Å². The summed E-state index contributed by atoms with van der Waals surface area (Å²) in [5, 5.41) is 18.6. The van der Waals surface area contributed by atoms with Crippen LogP contribution in [-0.2, 0) is 4.74 Å². The highest BCUT2D eigenvalue weighted by Gasteiger charge is 2.34. The van der Waals surface area contributed by atoms with Crippen LogP contribution >= 0.6 is 0 Å². The van der Waals surface area contributed by atoms with E-state index < -0.39 is 12.2 Å². The highest BCUT2D eigenvalue weighted by molar-refractivity contribution is 5.20. The predicted molar refractivity (Wildman–Crippen MR) is 51.7 cm³/mol. The van der Waals surface area contributed by atoms with E-state index in [9.17, 15) is 9.50 Å². The van der Waals surface area contributed by atoms with E-state index in [4.69, 9.17) is 9.84 Å². The van der Waals surface area contributed by atoms with Crippen LogP contribution in [0.5, 0.6) is 0 Å². The van der Waals surface area contributed by atoms with Gasteiger partial charge in [0.1, 0.15) is 11.9 Å². The summed E-state index contributed by atoms with van der Waals surface area (Å²) in [6.45, 7) is -0.102. The predicted octanol–water partition coefficient (Wildman–Crippen LogP) is 1.01. The van der Waals surface area contributed by atoms with Gasteiger partial charge in [-0.25, -0.2) is 4.39 Å². The molecule has 1 saturated heterocycles. The monoisotopic (exact) mass is 212 g/mol. The number of ether oxygens (including phenoxy) is 1. The molecule has 0 saturated carbocycles. The molecule has 0 spiro atoms. The minimum atomic E-state index is -0.632. The zero-order chi connectivity index (χ0) is 10.8. The van der Waals surface area contributed by atoms with Crippen molar-refractivity contribution in [3.05, 3.63) is 35.6 Å². The molecule has 3 nitrogen and oxygen atoms in total. The van der Waals surface area contributed by atoms with E-state index in [2.05, 4.69) is 0 Å². The van der Waals surface area contributed by atoms with Crippen molar-refractivity contribution in [1.82, 2.24) is 0 Å². The molecular weight excluding hydrogens is 199 g/mol. The van der Waals surface area contributed by atoms with Crippen molar-refractivity contribution in [2.75, 3.05) is 6.61 Å². The Labute approximate surface area is 87.1 Å². The van der Waals surface area contributed by atoms with Gasteiger partial charge >= 0.3 is 0 Å². The van der Waals surface area contributed by atoms with Crippen LogP contribution in [0, 0.1) is 5.82 Å². The Morgan fingerprint density at radius 1 is 1.33 bits per heavy atom. The van der Waals surface area contributed by atoms with Gasteiger partial charge in [0.2, 0.25) is 0 Å². The molecule has 1 fully saturated rings. The number of hydrogen-bond donors (Lipinski definition) is 2. The number of aliphatic hydroxyl groups excluding tert-OH is 2. The fourth-order valence-electron chi connectivity index (χ4n) is 1.82. The molecule has 3 atom stereocenters. The van der Waals surface area contributed by atoms with E-state index in [0.717, 1.165) is 5.56 Å². The SMILES string of the molecule is OC[C@H]1C[C@@H](O)[C@@H](c2ccc(F)cc2)O1. The zero-order valence-corrected chi connectivity index (χ0v) is 8.14. The van der Waals surface area contributed by atoms with E-state index in [1.807, 2.05) is 0 Å². The normalized spacial score (nSPS) is 30.7. The summed E-state index contributed by atoms with van der Waals surface area (Å²) in [4.78, 5) is 0. The van der Waals surface area contributed by atoms with Crippen molar-refractivity contribution >= 4 is 0 Å². The molecule has 2 N–H and O–H groups in total. The van der Waals surface area contributed by atoms with Gasteiger partial charge in [-0.15, -0.1) is 0 Å². The summed E-state index contributed by atoms with van der Waals surface area (Å²) in [6.07, 6.45) is -0.996. The molecule has 15 heavy (non-hydrogen) atoms. The molecule has 4 heteroatoms. The smallest absolute Gasteiger partial charge is 0.123 e. The summed E-state index contributed by atoms with van der Waals surface area (Å²) >= 11 is 0. The Balaban J connectivity index is 2.14. The largest absolute Gasteiger partial charge is 0.394 e. The van der Waals surface area contributed by atoms with Crippen molar-refractivity contribution in [3.63, 3.8) is 0 Å². The van der Waals surface area contributed by atoms with Gasteiger partial charge in [-0.3, -0.25) is 0 Å². The maximum atomic E-state index is 12.7. The van der Waals surface area contributed by atoms with Crippen molar-refractivity contribution in [2.45, 2.75) is 24.7 Å². The maximum Gasteiger partial charge on any atom is 0.123 e. The van der Waals surface area contributed by atoms with Gasteiger partial charge in [0.15, 0.2) is 0 Å². The lowest BCUT2D eigenvalue weighted by atomic mass is 10.0. The second-order valence-electron chi connectivity index (χ2n) is 3.72. The molecule has 0 aromatic heterocycles. The van der Waals surface area contributed by atoms with Gasteiger partial charge in [0.05, 0.1) is 18.8 Å². The number of rotatable bonds is 2. The van der Waals surface area contributed by atoms with Gasteiger partial charge in [-0.05, 0) is 17.7 Å². The first-order chi connectivity index (χ1) is 7.20. The van der Waals surface area contributed by atoms with Gasteiger partial charge in [0, 0.05) is 6.42 Å². The average molecular weight is 212 g/mol.